The zero-order valence-electron chi connectivity index (χ0n) is 10.4. The van der Waals surface area contributed by atoms with Gasteiger partial charge in [0.05, 0.1) is 11.7 Å². The van der Waals surface area contributed by atoms with Crippen molar-refractivity contribution in [2.45, 2.75) is 47.1 Å². The average Bonchev–Trinajstić information content (AvgIpc) is 2.41. The van der Waals surface area contributed by atoms with Gasteiger partial charge in [-0.25, -0.2) is 4.68 Å². The van der Waals surface area contributed by atoms with Crippen LogP contribution in [0.1, 0.15) is 44.5 Å². The Hall–Kier alpha value is -0.990. The molecule has 2 heterocycles. The lowest BCUT2D eigenvalue weighted by molar-refractivity contribution is 0.210. The molecule has 1 aliphatic heterocycles. The highest BCUT2D eigenvalue weighted by atomic mass is 15.4. The van der Waals surface area contributed by atoms with Crippen LogP contribution in [-0.2, 0) is 0 Å². The van der Waals surface area contributed by atoms with E-state index in [0.717, 1.165) is 18.7 Å². The van der Waals surface area contributed by atoms with Crippen LogP contribution in [0.4, 0.5) is 5.82 Å². The lowest BCUT2D eigenvalue weighted by atomic mass is 9.84. The number of hydrogen-bond acceptors (Lipinski definition) is 2. The van der Waals surface area contributed by atoms with Gasteiger partial charge >= 0.3 is 0 Å². The van der Waals surface area contributed by atoms with E-state index in [1.54, 1.807) is 0 Å². The fourth-order valence-corrected chi connectivity index (χ4v) is 2.32. The number of fused-ring (bicyclic) bond motifs is 1. The van der Waals surface area contributed by atoms with Crippen LogP contribution in [0, 0.1) is 19.3 Å². The van der Waals surface area contributed by atoms with Crippen molar-refractivity contribution in [1.82, 2.24) is 9.78 Å². The van der Waals surface area contributed by atoms with Gasteiger partial charge in [0.15, 0.2) is 0 Å². The Morgan fingerprint density at radius 2 is 2.00 bits per heavy atom. The molecular formula is C12H21N3. The molecule has 3 heteroatoms. The molecule has 15 heavy (non-hydrogen) atoms. The van der Waals surface area contributed by atoms with Crippen molar-refractivity contribution >= 4 is 5.82 Å². The zero-order valence-corrected chi connectivity index (χ0v) is 10.4. The summed E-state index contributed by atoms with van der Waals surface area (Å²) < 4.78 is 2.19. The van der Waals surface area contributed by atoms with Crippen molar-refractivity contribution < 1.29 is 0 Å². The molecule has 1 unspecified atom stereocenters. The highest BCUT2D eigenvalue weighted by molar-refractivity contribution is 5.48. The van der Waals surface area contributed by atoms with Crippen molar-refractivity contribution in [3.05, 3.63) is 11.3 Å². The van der Waals surface area contributed by atoms with Gasteiger partial charge in [0.1, 0.15) is 5.82 Å². The third-order valence-electron chi connectivity index (χ3n) is 3.39. The summed E-state index contributed by atoms with van der Waals surface area (Å²) in [7, 11) is 0. The van der Waals surface area contributed by atoms with Crippen LogP contribution in [0.15, 0.2) is 0 Å². The molecule has 84 valence electrons. The van der Waals surface area contributed by atoms with E-state index in [0.29, 0.717) is 6.04 Å². The summed E-state index contributed by atoms with van der Waals surface area (Å²) in [6.07, 6.45) is 1.16. The molecule has 1 aromatic heterocycles. The second-order valence-electron chi connectivity index (χ2n) is 5.60. The third-order valence-corrected chi connectivity index (χ3v) is 3.39. The first-order valence-corrected chi connectivity index (χ1v) is 5.71. The van der Waals surface area contributed by atoms with Crippen LogP contribution in [0.3, 0.4) is 0 Å². The van der Waals surface area contributed by atoms with Crippen molar-refractivity contribution in [3.63, 3.8) is 0 Å². The largest absolute Gasteiger partial charge is 0.370 e. The van der Waals surface area contributed by atoms with E-state index in [9.17, 15) is 0 Å². The van der Waals surface area contributed by atoms with Gasteiger partial charge in [0.2, 0.25) is 0 Å². The first-order chi connectivity index (χ1) is 6.91. The summed E-state index contributed by atoms with van der Waals surface area (Å²) >= 11 is 0. The van der Waals surface area contributed by atoms with Gasteiger partial charge in [0, 0.05) is 12.1 Å². The van der Waals surface area contributed by atoms with E-state index >= 15 is 0 Å². The molecular weight excluding hydrogens is 186 g/mol. The molecule has 0 saturated heterocycles. The maximum atomic E-state index is 4.65. The minimum Gasteiger partial charge on any atom is -0.370 e. The van der Waals surface area contributed by atoms with Gasteiger partial charge in [-0.1, -0.05) is 20.8 Å². The van der Waals surface area contributed by atoms with Crippen LogP contribution in [0.2, 0.25) is 0 Å². The fraction of sp³-hybridized carbons (Fsp3) is 0.750. The molecule has 0 saturated carbocycles. The van der Waals surface area contributed by atoms with Crippen molar-refractivity contribution in [2.75, 3.05) is 11.9 Å². The molecule has 3 nitrogen and oxygen atoms in total. The van der Waals surface area contributed by atoms with Gasteiger partial charge < -0.3 is 5.32 Å². The minimum absolute atomic E-state index is 0.280. The maximum Gasteiger partial charge on any atom is 0.127 e. The zero-order chi connectivity index (χ0) is 11.2. The normalized spacial score (nSPS) is 21.0. The second-order valence-corrected chi connectivity index (χ2v) is 5.60. The number of hydrogen-bond donors (Lipinski definition) is 1. The smallest absolute Gasteiger partial charge is 0.127 e. The first kappa shape index (κ1) is 10.5. The van der Waals surface area contributed by atoms with E-state index in [2.05, 4.69) is 49.7 Å². The molecule has 1 aromatic rings. The number of nitrogens with zero attached hydrogens (tertiary/aromatic N) is 2. The summed E-state index contributed by atoms with van der Waals surface area (Å²) in [6.45, 7) is 12.2. The molecule has 0 aliphatic carbocycles. The van der Waals surface area contributed by atoms with E-state index in [1.165, 1.54) is 11.4 Å². The lowest BCUT2D eigenvalue weighted by Gasteiger charge is -2.35. The average molecular weight is 207 g/mol. The predicted molar refractivity (Wildman–Crippen MR) is 63.3 cm³/mol. The molecule has 0 fully saturated rings. The Kier molecular flexibility index (Phi) is 2.28. The molecule has 0 amide bonds. The Morgan fingerprint density at radius 1 is 1.33 bits per heavy atom. The summed E-state index contributed by atoms with van der Waals surface area (Å²) in [5.41, 5.74) is 2.72. The van der Waals surface area contributed by atoms with E-state index in [4.69, 9.17) is 0 Å². The van der Waals surface area contributed by atoms with Crippen LogP contribution in [-0.4, -0.2) is 16.3 Å². The van der Waals surface area contributed by atoms with Crippen LogP contribution >= 0.6 is 0 Å². The second kappa shape index (κ2) is 3.26. The van der Waals surface area contributed by atoms with Crippen molar-refractivity contribution in [3.8, 4) is 0 Å². The maximum absolute atomic E-state index is 4.65. The van der Waals surface area contributed by atoms with E-state index in [-0.39, 0.29) is 5.41 Å². The quantitative estimate of drug-likeness (QED) is 0.709. The Bertz CT molecular complexity index is 371. The minimum atomic E-state index is 0.280. The highest BCUT2D eigenvalue weighted by Gasteiger charge is 2.32. The van der Waals surface area contributed by atoms with Crippen molar-refractivity contribution in [1.29, 1.82) is 0 Å². The van der Waals surface area contributed by atoms with Gasteiger partial charge in [-0.3, -0.25) is 0 Å². The Morgan fingerprint density at radius 3 is 2.60 bits per heavy atom. The van der Waals surface area contributed by atoms with Crippen molar-refractivity contribution in [2.24, 2.45) is 5.41 Å². The molecule has 0 bridgehead atoms. The number of aryl methyl sites for hydroxylation is 1. The third kappa shape index (κ3) is 1.64. The van der Waals surface area contributed by atoms with Gasteiger partial charge in [-0.05, 0) is 25.7 Å². The van der Waals surface area contributed by atoms with Gasteiger partial charge in [0.25, 0.3) is 0 Å². The molecule has 1 aliphatic rings. The number of nitrogens with one attached hydrogen (secondary N) is 1. The van der Waals surface area contributed by atoms with Crippen LogP contribution in [0.25, 0.3) is 0 Å². The molecule has 0 aromatic carbocycles. The number of aromatic nitrogens is 2. The Labute approximate surface area is 91.9 Å². The highest BCUT2D eigenvalue weighted by Crippen LogP contribution is 2.38. The molecule has 0 spiro atoms. The Balaban J connectivity index is 2.48. The summed E-state index contributed by atoms with van der Waals surface area (Å²) in [6, 6.07) is 0.515. The van der Waals surface area contributed by atoms with Gasteiger partial charge in [-0.2, -0.15) is 5.10 Å². The molecule has 0 radical (unpaired) electrons. The first-order valence-electron chi connectivity index (χ1n) is 5.71. The SMILES string of the molecule is Cc1nn2c(c1C)NCCC2C(C)(C)C. The van der Waals surface area contributed by atoms with Crippen LogP contribution < -0.4 is 5.32 Å². The van der Waals surface area contributed by atoms with Crippen LogP contribution in [0.5, 0.6) is 0 Å². The lowest BCUT2D eigenvalue weighted by Crippen LogP contribution is -2.32. The standard InChI is InChI=1S/C12H21N3/c1-8-9(2)14-15-10(12(3,4)5)6-7-13-11(8)15/h10,13H,6-7H2,1-5H3. The number of rotatable bonds is 0. The summed E-state index contributed by atoms with van der Waals surface area (Å²) in [4.78, 5) is 0. The van der Waals surface area contributed by atoms with Gasteiger partial charge in [-0.15, -0.1) is 0 Å². The molecule has 2 rings (SSSR count). The topological polar surface area (TPSA) is 29.9 Å². The summed E-state index contributed by atoms with van der Waals surface area (Å²) in [5, 5.41) is 8.11. The summed E-state index contributed by atoms with van der Waals surface area (Å²) in [5.74, 6) is 1.22. The molecule has 1 N–H and O–H groups in total. The fourth-order valence-electron chi connectivity index (χ4n) is 2.32. The van der Waals surface area contributed by atoms with E-state index in [1.807, 2.05) is 0 Å². The van der Waals surface area contributed by atoms with E-state index < -0.39 is 0 Å². The predicted octanol–water partition coefficient (Wildman–Crippen LogP) is 2.90. The molecule has 1 atom stereocenters. The number of anilines is 1. The monoisotopic (exact) mass is 207 g/mol.